The lowest BCUT2D eigenvalue weighted by atomic mass is 9.77. The van der Waals surface area contributed by atoms with Crippen LogP contribution in [0.15, 0.2) is 12.2 Å². The summed E-state index contributed by atoms with van der Waals surface area (Å²) in [6.07, 6.45) is 7.74. The molecule has 0 aliphatic heterocycles. The zero-order valence-electron chi connectivity index (χ0n) is 9.38. The molecule has 13 heavy (non-hydrogen) atoms. The van der Waals surface area contributed by atoms with Crippen molar-refractivity contribution in [2.45, 2.75) is 19.8 Å². The molecule has 0 aromatic rings. The van der Waals surface area contributed by atoms with E-state index in [1.54, 1.807) is 0 Å². The summed E-state index contributed by atoms with van der Waals surface area (Å²) in [5, 5.41) is 0. The lowest BCUT2D eigenvalue weighted by molar-refractivity contribution is -0.877. The Balaban J connectivity index is 2.10. The van der Waals surface area contributed by atoms with Crippen molar-refractivity contribution in [1.29, 1.82) is 0 Å². The van der Waals surface area contributed by atoms with Crippen LogP contribution in [0.1, 0.15) is 19.8 Å². The van der Waals surface area contributed by atoms with Crippen molar-refractivity contribution in [3.05, 3.63) is 12.2 Å². The van der Waals surface area contributed by atoms with Gasteiger partial charge in [0.15, 0.2) is 0 Å². The summed E-state index contributed by atoms with van der Waals surface area (Å²) in [7, 11) is 6.92. The third-order valence-electron chi connectivity index (χ3n) is 3.63. The summed E-state index contributed by atoms with van der Waals surface area (Å²) in [4.78, 5) is 0. The fourth-order valence-corrected chi connectivity index (χ4v) is 3.46. The quantitative estimate of drug-likeness (QED) is 0.452. The van der Waals surface area contributed by atoms with Crippen molar-refractivity contribution in [3.63, 3.8) is 0 Å². The minimum Gasteiger partial charge on any atom is -0.330 e. The normalized spacial score (nSPS) is 43.1. The summed E-state index contributed by atoms with van der Waals surface area (Å²) in [5.41, 5.74) is 0.581. The van der Waals surface area contributed by atoms with E-state index in [0.717, 1.165) is 16.3 Å². The molecule has 0 radical (unpaired) electrons. The van der Waals surface area contributed by atoms with E-state index in [1.807, 2.05) is 0 Å². The molecule has 74 valence electrons. The van der Waals surface area contributed by atoms with Gasteiger partial charge >= 0.3 is 0 Å². The molecule has 1 heteroatoms. The Bertz CT molecular complexity index is 236. The molecule has 2 bridgehead atoms. The molecule has 2 aliphatic carbocycles. The SMILES string of the molecule is C[C@@]1(C[N+](C)(C)C)C[C@@H]2C=C[C@H]1C2. The minimum atomic E-state index is 0.581. The average Bonchev–Trinajstić information content (AvgIpc) is 2.39. The Morgan fingerprint density at radius 3 is 2.38 bits per heavy atom. The summed E-state index contributed by atoms with van der Waals surface area (Å²) in [6, 6.07) is 0. The number of allylic oxidation sites excluding steroid dienone is 2. The van der Waals surface area contributed by atoms with E-state index in [9.17, 15) is 0 Å². The molecule has 0 amide bonds. The Morgan fingerprint density at radius 2 is 2.00 bits per heavy atom. The van der Waals surface area contributed by atoms with Gasteiger partial charge in [-0.1, -0.05) is 19.1 Å². The number of rotatable bonds is 2. The van der Waals surface area contributed by atoms with Gasteiger partial charge in [-0.15, -0.1) is 0 Å². The Kier molecular flexibility index (Phi) is 1.85. The van der Waals surface area contributed by atoms with Crippen molar-refractivity contribution < 1.29 is 4.48 Å². The molecule has 0 aromatic heterocycles. The van der Waals surface area contributed by atoms with Crippen molar-refractivity contribution >= 4 is 0 Å². The zero-order valence-corrected chi connectivity index (χ0v) is 9.38. The average molecular weight is 180 g/mol. The van der Waals surface area contributed by atoms with Gasteiger partial charge in [-0.2, -0.15) is 0 Å². The molecular formula is C12H22N+. The third-order valence-corrected chi connectivity index (χ3v) is 3.63. The minimum absolute atomic E-state index is 0.581. The van der Waals surface area contributed by atoms with Crippen LogP contribution in [0.5, 0.6) is 0 Å². The van der Waals surface area contributed by atoms with Gasteiger partial charge < -0.3 is 4.48 Å². The zero-order chi connectivity index (χ0) is 9.69. The Morgan fingerprint density at radius 1 is 1.31 bits per heavy atom. The second-order valence-electron chi connectivity index (χ2n) is 6.29. The van der Waals surface area contributed by atoms with E-state index in [2.05, 4.69) is 40.2 Å². The molecule has 1 nitrogen and oxygen atoms in total. The van der Waals surface area contributed by atoms with Crippen LogP contribution < -0.4 is 0 Å². The molecule has 0 unspecified atom stereocenters. The van der Waals surface area contributed by atoms with Crippen molar-refractivity contribution in [2.24, 2.45) is 17.3 Å². The first kappa shape index (κ1) is 9.26. The molecule has 0 aromatic carbocycles. The van der Waals surface area contributed by atoms with E-state index in [0.29, 0.717) is 5.41 Å². The number of fused-ring (bicyclic) bond motifs is 2. The molecule has 2 rings (SSSR count). The number of quaternary nitrogens is 1. The maximum atomic E-state index is 2.48. The molecule has 0 spiro atoms. The molecule has 1 fully saturated rings. The monoisotopic (exact) mass is 180 g/mol. The van der Waals surface area contributed by atoms with Crippen LogP contribution in [0.4, 0.5) is 0 Å². The fraction of sp³-hybridized carbons (Fsp3) is 0.833. The number of nitrogens with zero attached hydrogens (tertiary/aromatic N) is 1. The standard InChI is InChI=1S/C12H22N/c1-12(9-13(2,3)4)8-10-5-6-11(12)7-10/h5-6,10-11H,7-9H2,1-4H3/q+1/t10-,11+,12+/m1/s1. The number of hydrogen-bond donors (Lipinski definition) is 0. The largest absolute Gasteiger partial charge is 0.330 e. The predicted octanol–water partition coefficient (Wildman–Crippen LogP) is 2.29. The fourth-order valence-electron chi connectivity index (χ4n) is 3.46. The topological polar surface area (TPSA) is 0 Å². The van der Waals surface area contributed by atoms with Gasteiger partial charge in [0.2, 0.25) is 0 Å². The molecule has 1 saturated carbocycles. The van der Waals surface area contributed by atoms with Crippen molar-refractivity contribution in [2.75, 3.05) is 27.7 Å². The first-order valence-corrected chi connectivity index (χ1v) is 5.38. The molecule has 2 aliphatic rings. The van der Waals surface area contributed by atoms with Crippen LogP contribution in [0.3, 0.4) is 0 Å². The first-order valence-electron chi connectivity index (χ1n) is 5.38. The van der Waals surface area contributed by atoms with Gasteiger partial charge in [0.05, 0.1) is 27.7 Å². The van der Waals surface area contributed by atoms with Crippen LogP contribution in [-0.2, 0) is 0 Å². The van der Waals surface area contributed by atoms with Gasteiger partial charge in [-0.05, 0) is 24.7 Å². The van der Waals surface area contributed by atoms with Crippen LogP contribution in [0, 0.1) is 17.3 Å². The lowest BCUT2D eigenvalue weighted by Crippen LogP contribution is -2.45. The van der Waals surface area contributed by atoms with E-state index >= 15 is 0 Å². The maximum Gasteiger partial charge on any atom is 0.0840 e. The molecule has 0 heterocycles. The second kappa shape index (κ2) is 2.60. The van der Waals surface area contributed by atoms with Gasteiger partial charge in [0, 0.05) is 5.41 Å². The second-order valence-corrected chi connectivity index (χ2v) is 6.29. The van der Waals surface area contributed by atoms with E-state index in [1.165, 1.54) is 19.4 Å². The van der Waals surface area contributed by atoms with Gasteiger partial charge in [-0.3, -0.25) is 0 Å². The van der Waals surface area contributed by atoms with Gasteiger partial charge in [0.25, 0.3) is 0 Å². The summed E-state index contributed by atoms with van der Waals surface area (Å²) in [5.74, 6) is 1.77. The summed E-state index contributed by atoms with van der Waals surface area (Å²) < 4.78 is 1.10. The van der Waals surface area contributed by atoms with Crippen LogP contribution in [0.25, 0.3) is 0 Å². The van der Waals surface area contributed by atoms with Crippen molar-refractivity contribution in [1.82, 2.24) is 0 Å². The molecule has 3 atom stereocenters. The van der Waals surface area contributed by atoms with Crippen LogP contribution in [-0.4, -0.2) is 32.2 Å². The highest BCUT2D eigenvalue weighted by Crippen LogP contribution is 2.52. The highest BCUT2D eigenvalue weighted by atomic mass is 15.3. The van der Waals surface area contributed by atoms with Crippen LogP contribution in [0.2, 0.25) is 0 Å². The first-order chi connectivity index (χ1) is 5.89. The highest BCUT2D eigenvalue weighted by Gasteiger charge is 2.47. The van der Waals surface area contributed by atoms with E-state index in [4.69, 9.17) is 0 Å². The Hall–Kier alpha value is -0.300. The van der Waals surface area contributed by atoms with Crippen molar-refractivity contribution in [3.8, 4) is 0 Å². The van der Waals surface area contributed by atoms with E-state index in [-0.39, 0.29) is 0 Å². The molecular weight excluding hydrogens is 158 g/mol. The smallest absolute Gasteiger partial charge is 0.0840 e. The van der Waals surface area contributed by atoms with Gasteiger partial charge in [-0.25, -0.2) is 0 Å². The maximum absolute atomic E-state index is 2.48. The third kappa shape index (κ3) is 1.67. The summed E-state index contributed by atoms with van der Waals surface area (Å²) in [6.45, 7) is 3.79. The lowest BCUT2D eigenvalue weighted by Gasteiger charge is -2.38. The Labute approximate surface area is 82.0 Å². The number of hydrogen-bond acceptors (Lipinski definition) is 0. The van der Waals surface area contributed by atoms with Gasteiger partial charge in [0.1, 0.15) is 0 Å². The predicted molar refractivity (Wildman–Crippen MR) is 56.4 cm³/mol. The summed E-state index contributed by atoms with van der Waals surface area (Å²) >= 11 is 0. The highest BCUT2D eigenvalue weighted by molar-refractivity contribution is 5.14. The molecule has 0 saturated heterocycles. The van der Waals surface area contributed by atoms with Crippen LogP contribution >= 0.6 is 0 Å². The van der Waals surface area contributed by atoms with E-state index < -0.39 is 0 Å². The molecule has 0 N–H and O–H groups in total.